The maximum Gasteiger partial charge on any atom is 0.219 e. The predicted octanol–water partition coefficient (Wildman–Crippen LogP) is 2.06. The standard InChI is InChI=1S/C9H16ClNO/c1-2-9(12)11-8-6-4-3-5-7(8)10/h7-8H,2-6H2,1H3,(H,11,12)/t7-,8+/m1/s1. The number of carbonyl (C=O) groups is 1. The van der Waals surface area contributed by atoms with Crippen LogP contribution in [0.15, 0.2) is 0 Å². The average Bonchev–Trinajstić information content (AvgIpc) is 2.09. The molecule has 12 heavy (non-hydrogen) atoms. The Morgan fingerprint density at radius 1 is 1.50 bits per heavy atom. The van der Waals surface area contributed by atoms with E-state index in [-0.39, 0.29) is 17.3 Å². The summed E-state index contributed by atoms with van der Waals surface area (Å²) in [6.45, 7) is 1.86. The monoisotopic (exact) mass is 189 g/mol. The first kappa shape index (κ1) is 9.85. The molecule has 0 aromatic heterocycles. The van der Waals surface area contributed by atoms with Gasteiger partial charge >= 0.3 is 0 Å². The molecule has 1 fully saturated rings. The number of hydrogen-bond donors (Lipinski definition) is 1. The summed E-state index contributed by atoms with van der Waals surface area (Å²) in [5.41, 5.74) is 0. The summed E-state index contributed by atoms with van der Waals surface area (Å²) in [5, 5.41) is 3.09. The van der Waals surface area contributed by atoms with Crippen LogP contribution in [0.25, 0.3) is 0 Å². The minimum absolute atomic E-state index is 0.118. The molecule has 0 heterocycles. The summed E-state index contributed by atoms with van der Waals surface area (Å²) >= 11 is 6.07. The lowest BCUT2D eigenvalue weighted by molar-refractivity contribution is -0.121. The summed E-state index contributed by atoms with van der Waals surface area (Å²) < 4.78 is 0. The second-order valence-corrected chi connectivity index (χ2v) is 3.89. The lowest BCUT2D eigenvalue weighted by Crippen LogP contribution is -2.42. The summed E-state index contributed by atoms with van der Waals surface area (Å²) in [6.07, 6.45) is 5.03. The largest absolute Gasteiger partial charge is 0.352 e. The van der Waals surface area contributed by atoms with Gasteiger partial charge < -0.3 is 5.32 Å². The Labute approximate surface area is 78.7 Å². The van der Waals surface area contributed by atoms with Gasteiger partial charge in [-0.2, -0.15) is 0 Å². The van der Waals surface area contributed by atoms with Gasteiger partial charge in [0, 0.05) is 12.5 Å². The molecule has 0 unspecified atom stereocenters. The zero-order valence-corrected chi connectivity index (χ0v) is 8.23. The molecule has 1 amide bonds. The fourth-order valence-corrected chi connectivity index (χ4v) is 1.90. The van der Waals surface area contributed by atoms with Crippen molar-refractivity contribution in [1.29, 1.82) is 0 Å². The van der Waals surface area contributed by atoms with Gasteiger partial charge in [-0.25, -0.2) is 0 Å². The van der Waals surface area contributed by atoms with Gasteiger partial charge in [0.25, 0.3) is 0 Å². The molecule has 0 aromatic rings. The molecular weight excluding hydrogens is 174 g/mol. The van der Waals surface area contributed by atoms with Gasteiger partial charge in [-0.3, -0.25) is 4.79 Å². The third-order valence-electron chi connectivity index (χ3n) is 2.35. The molecule has 0 radical (unpaired) electrons. The van der Waals surface area contributed by atoms with Gasteiger partial charge in [-0.1, -0.05) is 19.8 Å². The number of hydrogen-bond acceptors (Lipinski definition) is 1. The Bertz CT molecular complexity index is 161. The first-order valence-electron chi connectivity index (χ1n) is 4.67. The number of alkyl halides is 1. The second-order valence-electron chi connectivity index (χ2n) is 3.33. The highest BCUT2D eigenvalue weighted by molar-refractivity contribution is 6.21. The average molecular weight is 190 g/mol. The van der Waals surface area contributed by atoms with E-state index in [1.54, 1.807) is 0 Å². The molecule has 1 N–H and O–H groups in total. The molecule has 0 bridgehead atoms. The van der Waals surface area contributed by atoms with Crippen molar-refractivity contribution in [3.8, 4) is 0 Å². The number of nitrogens with one attached hydrogen (secondary N) is 1. The van der Waals surface area contributed by atoms with E-state index < -0.39 is 0 Å². The Balaban J connectivity index is 2.33. The molecule has 2 nitrogen and oxygen atoms in total. The van der Waals surface area contributed by atoms with Crippen LogP contribution in [-0.2, 0) is 4.79 Å². The topological polar surface area (TPSA) is 29.1 Å². The van der Waals surface area contributed by atoms with Crippen molar-refractivity contribution in [2.45, 2.75) is 50.4 Å². The van der Waals surface area contributed by atoms with Gasteiger partial charge in [-0.05, 0) is 12.8 Å². The summed E-state index contributed by atoms with van der Waals surface area (Å²) in [5.74, 6) is 0.118. The summed E-state index contributed by atoms with van der Waals surface area (Å²) in [4.78, 5) is 11.1. The minimum Gasteiger partial charge on any atom is -0.352 e. The molecule has 2 atom stereocenters. The van der Waals surface area contributed by atoms with Crippen LogP contribution in [0.4, 0.5) is 0 Å². The Morgan fingerprint density at radius 2 is 2.17 bits per heavy atom. The molecular formula is C9H16ClNO. The first-order valence-corrected chi connectivity index (χ1v) is 5.11. The molecule has 1 aliphatic rings. The van der Waals surface area contributed by atoms with Crippen LogP contribution in [0, 0.1) is 0 Å². The van der Waals surface area contributed by atoms with Crippen LogP contribution < -0.4 is 5.32 Å². The highest BCUT2D eigenvalue weighted by Crippen LogP contribution is 2.22. The maximum absolute atomic E-state index is 11.1. The van der Waals surface area contributed by atoms with Crippen LogP contribution in [0.3, 0.4) is 0 Å². The molecule has 70 valence electrons. The number of amides is 1. The number of halogens is 1. The van der Waals surface area contributed by atoms with E-state index in [4.69, 9.17) is 11.6 Å². The normalized spacial score (nSPS) is 29.8. The molecule has 1 saturated carbocycles. The maximum atomic E-state index is 11.1. The van der Waals surface area contributed by atoms with Crippen molar-refractivity contribution in [2.24, 2.45) is 0 Å². The minimum atomic E-state index is 0.118. The van der Waals surface area contributed by atoms with Gasteiger partial charge in [0.2, 0.25) is 5.91 Å². The molecule has 3 heteroatoms. The van der Waals surface area contributed by atoms with Crippen LogP contribution in [0.2, 0.25) is 0 Å². The molecule has 0 saturated heterocycles. The van der Waals surface area contributed by atoms with Crippen LogP contribution in [0.5, 0.6) is 0 Å². The molecule has 0 spiro atoms. The zero-order chi connectivity index (χ0) is 8.97. The van der Waals surface area contributed by atoms with E-state index in [1.807, 2.05) is 6.92 Å². The van der Waals surface area contributed by atoms with E-state index in [9.17, 15) is 4.79 Å². The van der Waals surface area contributed by atoms with Crippen molar-refractivity contribution < 1.29 is 4.79 Å². The van der Waals surface area contributed by atoms with Crippen molar-refractivity contribution in [3.63, 3.8) is 0 Å². The lowest BCUT2D eigenvalue weighted by atomic mass is 9.95. The third-order valence-corrected chi connectivity index (χ3v) is 2.87. The summed E-state index contributed by atoms with van der Waals surface area (Å²) in [7, 11) is 0. The summed E-state index contributed by atoms with van der Waals surface area (Å²) in [6, 6.07) is 0.216. The highest BCUT2D eigenvalue weighted by atomic mass is 35.5. The quantitative estimate of drug-likeness (QED) is 0.662. The smallest absolute Gasteiger partial charge is 0.219 e. The van der Waals surface area contributed by atoms with Gasteiger partial charge in [0.1, 0.15) is 0 Å². The number of rotatable bonds is 2. The second kappa shape index (κ2) is 4.70. The van der Waals surface area contributed by atoms with Crippen molar-refractivity contribution in [1.82, 2.24) is 5.32 Å². The Kier molecular flexibility index (Phi) is 3.86. The zero-order valence-electron chi connectivity index (χ0n) is 7.48. The molecule has 0 aromatic carbocycles. The SMILES string of the molecule is CCC(=O)N[C@H]1CCCC[C@H]1Cl. The lowest BCUT2D eigenvalue weighted by Gasteiger charge is -2.27. The Morgan fingerprint density at radius 3 is 2.75 bits per heavy atom. The first-order chi connectivity index (χ1) is 5.74. The fraction of sp³-hybridized carbons (Fsp3) is 0.889. The van der Waals surface area contributed by atoms with Crippen molar-refractivity contribution in [3.05, 3.63) is 0 Å². The van der Waals surface area contributed by atoms with E-state index >= 15 is 0 Å². The van der Waals surface area contributed by atoms with Crippen LogP contribution in [-0.4, -0.2) is 17.3 Å². The number of carbonyl (C=O) groups excluding carboxylic acids is 1. The van der Waals surface area contributed by atoms with E-state index in [0.717, 1.165) is 12.8 Å². The van der Waals surface area contributed by atoms with Gasteiger partial charge in [-0.15, -0.1) is 11.6 Å². The third kappa shape index (κ3) is 2.67. The van der Waals surface area contributed by atoms with Gasteiger partial charge in [0.15, 0.2) is 0 Å². The van der Waals surface area contributed by atoms with Crippen LogP contribution in [0.1, 0.15) is 39.0 Å². The van der Waals surface area contributed by atoms with Gasteiger partial charge in [0.05, 0.1) is 5.38 Å². The van der Waals surface area contributed by atoms with Crippen LogP contribution >= 0.6 is 11.6 Å². The van der Waals surface area contributed by atoms with E-state index in [0.29, 0.717) is 6.42 Å². The van der Waals surface area contributed by atoms with Crippen molar-refractivity contribution >= 4 is 17.5 Å². The molecule has 1 rings (SSSR count). The Hall–Kier alpha value is -0.240. The predicted molar refractivity (Wildman–Crippen MR) is 50.3 cm³/mol. The van der Waals surface area contributed by atoms with E-state index in [1.165, 1.54) is 12.8 Å². The van der Waals surface area contributed by atoms with Crippen molar-refractivity contribution in [2.75, 3.05) is 0 Å². The fourth-order valence-electron chi connectivity index (χ4n) is 1.56. The molecule has 0 aliphatic heterocycles. The van der Waals surface area contributed by atoms with E-state index in [2.05, 4.69) is 5.32 Å². The molecule has 1 aliphatic carbocycles. The highest BCUT2D eigenvalue weighted by Gasteiger charge is 2.23.